The van der Waals surface area contributed by atoms with Crippen molar-refractivity contribution in [3.8, 4) is 0 Å². The Morgan fingerprint density at radius 1 is 1.24 bits per heavy atom. The van der Waals surface area contributed by atoms with Gasteiger partial charge in [0.25, 0.3) is 0 Å². The van der Waals surface area contributed by atoms with Crippen molar-refractivity contribution in [2.75, 3.05) is 13.7 Å². The lowest BCUT2D eigenvalue weighted by Gasteiger charge is -2.43. The highest BCUT2D eigenvalue weighted by molar-refractivity contribution is 14.1. The quantitative estimate of drug-likeness (QED) is 0.0843. The number of carbonyl (C=O) groups is 1. The monoisotopic (exact) mass is 578 g/mol. The van der Waals surface area contributed by atoms with E-state index in [1.165, 1.54) is 18.2 Å². The van der Waals surface area contributed by atoms with Crippen molar-refractivity contribution in [3.05, 3.63) is 72.6 Å². The number of esters is 1. The first-order valence-corrected chi connectivity index (χ1v) is 12.9. The molecule has 4 unspecified atom stereocenters. The predicted octanol–water partition coefficient (Wildman–Crippen LogP) is 7.02. The molecule has 0 spiro atoms. The number of piperidine rings is 1. The summed E-state index contributed by atoms with van der Waals surface area (Å²) in [6, 6.07) is 14.7. The molecule has 2 bridgehead atoms. The van der Waals surface area contributed by atoms with Gasteiger partial charge in [-0.2, -0.15) is 0 Å². The molecule has 4 atom stereocenters. The fourth-order valence-electron chi connectivity index (χ4n) is 5.63. The summed E-state index contributed by atoms with van der Waals surface area (Å²) in [5, 5.41) is 4.43. The number of unbranched alkanes of at least 4 members (excludes halogenated alkanes) is 1. The van der Waals surface area contributed by atoms with Crippen molar-refractivity contribution in [2.24, 2.45) is 11.0 Å². The summed E-state index contributed by atoms with van der Waals surface area (Å²) in [6.45, 7) is 1.00. The third-order valence-electron chi connectivity index (χ3n) is 7.13. The molecule has 0 saturated carbocycles. The van der Waals surface area contributed by atoms with Crippen LogP contribution in [0.15, 0.2) is 47.6 Å². The lowest BCUT2D eigenvalue weighted by atomic mass is 9.76. The Morgan fingerprint density at radius 3 is 2.73 bits per heavy atom. The fourth-order valence-corrected chi connectivity index (χ4v) is 6.44. The summed E-state index contributed by atoms with van der Waals surface area (Å²) in [6.07, 6.45) is 6.33. The third-order valence-corrected chi connectivity index (χ3v) is 8.25. The molecule has 2 saturated heterocycles. The van der Waals surface area contributed by atoms with Gasteiger partial charge in [-0.25, -0.2) is 0 Å². The van der Waals surface area contributed by atoms with Crippen molar-refractivity contribution in [3.63, 3.8) is 0 Å². The largest absolute Gasteiger partial charge is 0.469 e. The molecule has 6 nitrogen and oxygen atoms in total. The predicted molar refractivity (Wildman–Crippen MR) is 139 cm³/mol. The molecule has 0 N–H and O–H groups in total. The number of nitrogens with zero attached hydrogens (tertiary/aromatic N) is 4. The van der Waals surface area contributed by atoms with E-state index in [0.29, 0.717) is 11.7 Å². The van der Waals surface area contributed by atoms with Crippen LogP contribution in [0.25, 0.3) is 10.4 Å². The van der Waals surface area contributed by atoms with E-state index in [1.54, 1.807) is 0 Å². The van der Waals surface area contributed by atoms with E-state index in [9.17, 15) is 4.79 Å². The molecule has 2 aromatic carbocycles. The Bertz CT molecular complexity index is 1040. The zero-order chi connectivity index (χ0) is 23.4. The van der Waals surface area contributed by atoms with Crippen LogP contribution in [0.4, 0.5) is 5.69 Å². The highest BCUT2D eigenvalue weighted by Gasteiger charge is 2.50. The molecule has 2 aromatic rings. The van der Waals surface area contributed by atoms with Gasteiger partial charge in [-0.15, -0.1) is 0 Å². The number of aryl methyl sites for hydroxylation is 1. The molecule has 2 aliphatic rings. The lowest BCUT2D eigenvalue weighted by molar-refractivity contribution is -0.150. The Kier molecular flexibility index (Phi) is 8.17. The number of azide groups is 1. The van der Waals surface area contributed by atoms with Crippen LogP contribution in [0.1, 0.15) is 49.1 Å². The Morgan fingerprint density at radius 2 is 2.03 bits per heavy atom. The van der Waals surface area contributed by atoms with E-state index < -0.39 is 0 Å². The molecule has 0 aliphatic carbocycles. The summed E-state index contributed by atoms with van der Waals surface area (Å²) < 4.78 is 6.24. The van der Waals surface area contributed by atoms with Crippen LogP contribution in [0.2, 0.25) is 5.02 Å². The molecule has 2 fully saturated rings. The first kappa shape index (κ1) is 24.3. The summed E-state index contributed by atoms with van der Waals surface area (Å²) in [7, 11) is 1.50. The Balaban J connectivity index is 1.39. The highest BCUT2D eigenvalue weighted by atomic mass is 127. The summed E-state index contributed by atoms with van der Waals surface area (Å²) in [5.41, 5.74) is 11.8. The minimum Gasteiger partial charge on any atom is -0.469 e. The lowest BCUT2D eigenvalue weighted by Crippen LogP contribution is -2.51. The number of ether oxygens (including phenoxy) is 1. The maximum absolute atomic E-state index is 12.9. The minimum atomic E-state index is -0.135. The molecular formula is C25H28ClIN4O2. The van der Waals surface area contributed by atoms with Crippen LogP contribution in [-0.2, 0) is 16.0 Å². The number of halogens is 2. The maximum Gasteiger partial charge on any atom is 0.310 e. The molecule has 0 aromatic heterocycles. The van der Waals surface area contributed by atoms with Crippen molar-refractivity contribution < 1.29 is 9.53 Å². The molecule has 0 radical (unpaired) electrons. The second kappa shape index (κ2) is 11.1. The van der Waals surface area contributed by atoms with E-state index in [2.05, 4.69) is 55.7 Å². The van der Waals surface area contributed by atoms with E-state index in [4.69, 9.17) is 21.9 Å². The zero-order valence-corrected chi connectivity index (χ0v) is 21.6. The molecule has 4 rings (SSSR count). The number of rotatable bonds is 8. The van der Waals surface area contributed by atoms with Gasteiger partial charge in [0.05, 0.1) is 18.7 Å². The SMILES string of the molecule is COC(=O)C1C(c2ccc(Cl)cc2)CC2CCC1N2CCCCc1ccc(N=[N+]=[N-])c(I)c1. The van der Waals surface area contributed by atoms with E-state index in [-0.39, 0.29) is 23.8 Å². The fraction of sp³-hybridized carbons (Fsp3) is 0.480. The molecule has 0 amide bonds. The van der Waals surface area contributed by atoms with Crippen LogP contribution in [0, 0.1) is 9.49 Å². The average Bonchev–Trinajstić information content (AvgIpc) is 3.09. The Hall–Kier alpha value is -1.80. The second-order valence-corrected chi connectivity index (χ2v) is 10.5. The average molecular weight is 579 g/mol. The Labute approximate surface area is 213 Å². The van der Waals surface area contributed by atoms with Crippen molar-refractivity contribution in [1.82, 2.24) is 4.90 Å². The van der Waals surface area contributed by atoms with Crippen LogP contribution < -0.4 is 0 Å². The number of benzene rings is 2. The molecular weight excluding hydrogens is 551 g/mol. The molecule has 174 valence electrons. The van der Waals surface area contributed by atoms with Gasteiger partial charge in [0.15, 0.2) is 0 Å². The van der Waals surface area contributed by atoms with Gasteiger partial charge in [0.2, 0.25) is 0 Å². The molecule has 2 heterocycles. The van der Waals surface area contributed by atoms with Gasteiger partial charge in [-0.1, -0.05) is 41.0 Å². The van der Waals surface area contributed by atoms with E-state index in [1.807, 2.05) is 24.3 Å². The van der Waals surface area contributed by atoms with Gasteiger partial charge < -0.3 is 4.74 Å². The molecule has 2 aliphatic heterocycles. The van der Waals surface area contributed by atoms with Gasteiger partial charge in [-0.05, 0) is 103 Å². The van der Waals surface area contributed by atoms with Gasteiger partial charge in [0.1, 0.15) is 0 Å². The third kappa shape index (κ3) is 5.48. The van der Waals surface area contributed by atoms with Gasteiger partial charge in [-0.3, -0.25) is 9.69 Å². The number of fused-ring (bicyclic) bond motifs is 2. The van der Waals surface area contributed by atoms with E-state index in [0.717, 1.165) is 53.7 Å². The zero-order valence-electron chi connectivity index (χ0n) is 18.7. The van der Waals surface area contributed by atoms with Crippen LogP contribution in [0.3, 0.4) is 0 Å². The minimum absolute atomic E-state index is 0.0972. The summed E-state index contributed by atoms with van der Waals surface area (Å²) in [4.78, 5) is 18.3. The normalized spacial score (nSPS) is 24.3. The first-order chi connectivity index (χ1) is 16.0. The molecule has 8 heteroatoms. The van der Waals surface area contributed by atoms with Crippen LogP contribution in [-0.4, -0.2) is 36.6 Å². The molecule has 33 heavy (non-hydrogen) atoms. The summed E-state index contributed by atoms with van der Waals surface area (Å²) in [5.74, 6) is -0.0511. The number of hydrogen-bond donors (Lipinski definition) is 0. The number of hydrogen-bond acceptors (Lipinski definition) is 4. The number of carbonyl (C=O) groups excluding carboxylic acids is 1. The second-order valence-electron chi connectivity index (χ2n) is 8.91. The summed E-state index contributed by atoms with van der Waals surface area (Å²) >= 11 is 8.31. The van der Waals surface area contributed by atoms with Crippen molar-refractivity contribution >= 4 is 45.8 Å². The standard InChI is InChI=1S/C25H28ClIN4O2/c1-33-25(32)24-20(17-6-8-18(26)9-7-17)15-19-10-12-23(24)31(19)13-3-2-4-16-5-11-22(29-30-28)21(27)14-16/h5-9,11,14,19-20,23-24H,2-4,10,12-13,15H2,1H3. The van der Waals surface area contributed by atoms with Crippen molar-refractivity contribution in [2.45, 2.75) is 56.5 Å². The highest BCUT2D eigenvalue weighted by Crippen LogP contribution is 2.47. The topological polar surface area (TPSA) is 78.3 Å². The van der Waals surface area contributed by atoms with Crippen molar-refractivity contribution in [1.29, 1.82) is 0 Å². The van der Waals surface area contributed by atoms with Crippen LogP contribution in [0.5, 0.6) is 0 Å². The number of methoxy groups -OCH3 is 1. The van der Waals surface area contributed by atoms with Gasteiger partial charge >= 0.3 is 5.97 Å². The van der Waals surface area contributed by atoms with E-state index >= 15 is 0 Å². The first-order valence-electron chi connectivity index (χ1n) is 11.4. The maximum atomic E-state index is 12.9. The smallest absolute Gasteiger partial charge is 0.310 e. The van der Waals surface area contributed by atoms with Crippen LogP contribution >= 0.6 is 34.2 Å². The van der Waals surface area contributed by atoms with Gasteiger partial charge in [0, 0.05) is 31.5 Å².